The quantitative estimate of drug-likeness (QED) is 0.816. The highest BCUT2D eigenvalue weighted by Crippen LogP contribution is 2.28. The van der Waals surface area contributed by atoms with Gasteiger partial charge in [0.25, 0.3) is 0 Å². The summed E-state index contributed by atoms with van der Waals surface area (Å²) in [6.45, 7) is 3.37. The van der Waals surface area contributed by atoms with Crippen LogP contribution in [0.2, 0.25) is 5.02 Å². The summed E-state index contributed by atoms with van der Waals surface area (Å²) in [5.74, 6) is 0. The number of rotatable bonds is 1. The van der Waals surface area contributed by atoms with E-state index in [0.29, 0.717) is 12.1 Å². The third-order valence-electron chi connectivity index (χ3n) is 3.67. The van der Waals surface area contributed by atoms with Gasteiger partial charge in [-0.1, -0.05) is 11.6 Å². The summed E-state index contributed by atoms with van der Waals surface area (Å²) in [5, 5.41) is 5.55. The Balaban J connectivity index is 1.99. The molecule has 2 heterocycles. The van der Waals surface area contributed by atoms with E-state index in [2.05, 4.69) is 35.1 Å². The molecular formula is C14H17ClN2. The minimum Gasteiger partial charge on any atom is -0.344 e. The summed E-state index contributed by atoms with van der Waals surface area (Å²) in [6.07, 6.45) is 4.60. The van der Waals surface area contributed by atoms with Crippen LogP contribution in [-0.4, -0.2) is 17.2 Å². The zero-order valence-corrected chi connectivity index (χ0v) is 10.7. The van der Waals surface area contributed by atoms with E-state index in [1.807, 2.05) is 12.1 Å². The Labute approximate surface area is 107 Å². The summed E-state index contributed by atoms with van der Waals surface area (Å²) in [6, 6.07) is 9.53. The van der Waals surface area contributed by atoms with Gasteiger partial charge in [-0.3, -0.25) is 0 Å². The molecule has 0 aliphatic carbocycles. The molecule has 1 N–H and O–H groups in total. The molecule has 2 atom stereocenters. The lowest BCUT2D eigenvalue weighted by Gasteiger charge is -2.29. The fourth-order valence-electron chi connectivity index (χ4n) is 2.81. The van der Waals surface area contributed by atoms with Gasteiger partial charge in [0.1, 0.15) is 0 Å². The predicted molar refractivity (Wildman–Crippen MR) is 72.7 cm³/mol. The van der Waals surface area contributed by atoms with E-state index in [9.17, 15) is 0 Å². The Bertz CT molecular complexity index is 532. The Hall–Kier alpha value is -0.990. The van der Waals surface area contributed by atoms with Gasteiger partial charge in [-0.25, -0.2) is 0 Å². The molecule has 2 unspecified atom stereocenters. The average molecular weight is 249 g/mol. The molecule has 17 heavy (non-hydrogen) atoms. The summed E-state index contributed by atoms with van der Waals surface area (Å²) in [5.41, 5.74) is 1.30. The zero-order chi connectivity index (χ0) is 11.8. The first-order chi connectivity index (χ1) is 8.24. The molecule has 1 aliphatic heterocycles. The second-order valence-corrected chi connectivity index (χ2v) is 5.40. The molecule has 90 valence electrons. The van der Waals surface area contributed by atoms with Crippen LogP contribution in [0.25, 0.3) is 10.9 Å². The first-order valence-corrected chi connectivity index (χ1v) is 6.61. The van der Waals surface area contributed by atoms with Crippen LogP contribution in [-0.2, 0) is 0 Å². The normalized spacial score (nSPS) is 25.3. The summed E-state index contributed by atoms with van der Waals surface area (Å²) >= 11 is 6.02. The molecule has 0 saturated carbocycles. The molecule has 3 heteroatoms. The van der Waals surface area contributed by atoms with Crippen molar-refractivity contribution in [1.29, 1.82) is 0 Å². The van der Waals surface area contributed by atoms with Crippen molar-refractivity contribution in [3.05, 3.63) is 35.5 Å². The van der Waals surface area contributed by atoms with Crippen LogP contribution in [0.1, 0.15) is 25.8 Å². The van der Waals surface area contributed by atoms with Crippen molar-refractivity contribution in [2.24, 2.45) is 0 Å². The Kier molecular flexibility index (Phi) is 2.85. The van der Waals surface area contributed by atoms with Crippen LogP contribution in [0.4, 0.5) is 0 Å². The third kappa shape index (κ3) is 2.07. The zero-order valence-electron chi connectivity index (χ0n) is 9.99. The van der Waals surface area contributed by atoms with Gasteiger partial charge < -0.3 is 9.88 Å². The van der Waals surface area contributed by atoms with E-state index in [-0.39, 0.29) is 0 Å². The van der Waals surface area contributed by atoms with Crippen LogP contribution in [0.3, 0.4) is 0 Å². The van der Waals surface area contributed by atoms with Crippen LogP contribution in [0.5, 0.6) is 0 Å². The number of fused-ring (bicyclic) bond motifs is 1. The molecule has 0 radical (unpaired) electrons. The lowest BCUT2D eigenvalue weighted by atomic mass is 10.0. The summed E-state index contributed by atoms with van der Waals surface area (Å²) < 4.78 is 2.41. The molecule has 2 nitrogen and oxygen atoms in total. The van der Waals surface area contributed by atoms with Crippen molar-refractivity contribution >= 4 is 22.5 Å². The van der Waals surface area contributed by atoms with Crippen LogP contribution in [0, 0.1) is 0 Å². The first-order valence-electron chi connectivity index (χ1n) is 6.23. The topological polar surface area (TPSA) is 17.0 Å². The number of aromatic nitrogens is 1. The molecule has 3 rings (SSSR count). The molecule has 0 bridgehead atoms. The number of nitrogens with one attached hydrogen (secondary N) is 1. The van der Waals surface area contributed by atoms with E-state index in [4.69, 9.17) is 11.6 Å². The molecule has 0 spiro atoms. The maximum Gasteiger partial charge on any atom is 0.0483 e. The maximum absolute atomic E-state index is 6.02. The van der Waals surface area contributed by atoms with Gasteiger partial charge in [0.2, 0.25) is 0 Å². The van der Waals surface area contributed by atoms with Crippen molar-refractivity contribution < 1.29 is 0 Å². The summed E-state index contributed by atoms with van der Waals surface area (Å²) in [7, 11) is 0. The number of nitrogens with zero attached hydrogens (tertiary/aromatic N) is 1. The standard InChI is InChI=1S/C14H17ClN2/c1-10-8-13(4-6-16-10)17-7-5-11-9-12(15)2-3-14(11)17/h2-3,5,7,9-10,13,16H,4,6,8H2,1H3. The van der Waals surface area contributed by atoms with Crippen molar-refractivity contribution in [2.75, 3.05) is 6.54 Å². The van der Waals surface area contributed by atoms with Crippen LogP contribution >= 0.6 is 11.6 Å². The molecule has 0 amide bonds. The second kappa shape index (κ2) is 4.35. The Morgan fingerprint density at radius 3 is 3.06 bits per heavy atom. The molecule has 1 aromatic carbocycles. The molecule has 1 aromatic heterocycles. The summed E-state index contributed by atoms with van der Waals surface area (Å²) in [4.78, 5) is 0. The number of piperidine rings is 1. The minimum absolute atomic E-state index is 0.610. The van der Waals surface area contributed by atoms with Gasteiger partial charge in [-0.15, -0.1) is 0 Å². The SMILES string of the molecule is CC1CC(n2ccc3cc(Cl)ccc32)CCN1. The van der Waals surface area contributed by atoms with Gasteiger partial charge in [0.05, 0.1) is 0 Å². The van der Waals surface area contributed by atoms with Gasteiger partial charge in [0, 0.05) is 34.2 Å². The highest BCUT2D eigenvalue weighted by atomic mass is 35.5. The fraction of sp³-hybridized carbons (Fsp3) is 0.429. The Morgan fingerprint density at radius 2 is 2.24 bits per heavy atom. The number of hydrogen-bond acceptors (Lipinski definition) is 1. The minimum atomic E-state index is 0.610. The van der Waals surface area contributed by atoms with E-state index in [1.165, 1.54) is 23.7 Å². The lowest BCUT2D eigenvalue weighted by molar-refractivity contribution is 0.319. The monoisotopic (exact) mass is 248 g/mol. The maximum atomic E-state index is 6.02. The molecule has 1 aliphatic rings. The van der Waals surface area contributed by atoms with Gasteiger partial charge in [0.15, 0.2) is 0 Å². The van der Waals surface area contributed by atoms with Crippen LogP contribution in [0.15, 0.2) is 30.5 Å². The predicted octanol–water partition coefficient (Wildman–Crippen LogP) is 3.61. The molecule has 2 aromatic rings. The average Bonchev–Trinajstić information content (AvgIpc) is 2.71. The number of hydrogen-bond donors (Lipinski definition) is 1. The number of halogens is 1. The fourth-order valence-corrected chi connectivity index (χ4v) is 2.99. The first kappa shape index (κ1) is 11.1. The largest absolute Gasteiger partial charge is 0.344 e. The highest BCUT2D eigenvalue weighted by molar-refractivity contribution is 6.31. The third-order valence-corrected chi connectivity index (χ3v) is 3.91. The van der Waals surface area contributed by atoms with E-state index < -0.39 is 0 Å². The van der Waals surface area contributed by atoms with Crippen molar-refractivity contribution in [2.45, 2.75) is 31.8 Å². The van der Waals surface area contributed by atoms with Crippen molar-refractivity contribution in [1.82, 2.24) is 9.88 Å². The Morgan fingerprint density at radius 1 is 1.35 bits per heavy atom. The lowest BCUT2D eigenvalue weighted by Crippen LogP contribution is -2.36. The number of benzene rings is 1. The van der Waals surface area contributed by atoms with E-state index in [1.54, 1.807) is 0 Å². The second-order valence-electron chi connectivity index (χ2n) is 4.96. The molecule has 1 saturated heterocycles. The smallest absolute Gasteiger partial charge is 0.0483 e. The highest BCUT2D eigenvalue weighted by Gasteiger charge is 2.20. The van der Waals surface area contributed by atoms with Crippen molar-refractivity contribution in [3.63, 3.8) is 0 Å². The molecular weight excluding hydrogens is 232 g/mol. The van der Waals surface area contributed by atoms with Gasteiger partial charge >= 0.3 is 0 Å². The molecule has 1 fully saturated rings. The van der Waals surface area contributed by atoms with Crippen LogP contribution < -0.4 is 5.32 Å². The van der Waals surface area contributed by atoms with E-state index in [0.717, 1.165) is 11.6 Å². The van der Waals surface area contributed by atoms with Gasteiger partial charge in [-0.05, 0) is 50.6 Å². The van der Waals surface area contributed by atoms with Crippen molar-refractivity contribution in [3.8, 4) is 0 Å². The van der Waals surface area contributed by atoms with Gasteiger partial charge in [-0.2, -0.15) is 0 Å². The van der Waals surface area contributed by atoms with E-state index >= 15 is 0 Å².